The van der Waals surface area contributed by atoms with Crippen LogP contribution in [0.5, 0.6) is 0 Å². The zero-order valence-electron chi connectivity index (χ0n) is 12.6. The molecule has 1 aliphatic heterocycles. The quantitative estimate of drug-likeness (QED) is 0.883. The van der Waals surface area contributed by atoms with Crippen molar-refractivity contribution in [1.82, 2.24) is 5.32 Å². The minimum Gasteiger partial charge on any atom is -0.453 e. The van der Waals surface area contributed by atoms with Gasteiger partial charge < -0.3 is 10.1 Å². The standard InChI is InChI=1S/C18H16FNO3/c1-11-8-12(6-7-15(11)19)10-20-17(21)9-16-13-4-2-3-5-14(13)18(22)23-16/h2-8,16H,9-10H2,1H3,(H,20,21). The van der Waals surface area contributed by atoms with E-state index in [0.29, 0.717) is 17.7 Å². The molecule has 3 rings (SSSR count). The predicted octanol–water partition coefficient (Wildman–Crippen LogP) is 3.05. The molecule has 0 radical (unpaired) electrons. The molecule has 0 bridgehead atoms. The minimum absolute atomic E-state index is 0.0724. The Morgan fingerprint density at radius 1 is 1.26 bits per heavy atom. The van der Waals surface area contributed by atoms with Gasteiger partial charge in [-0.05, 0) is 30.2 Å². The third-order valence-corrected chi connectivity index (χ3v) is 3.86. The Hall–Kier alpha value is -2.69. The van der Waals surface area contributed by atoms with Gasteiger partial charge in [0.25, 0.3) is 0 Å². The van der Waals surface area contributed by atoms with Crippen LogP contribution >= 0.6 is 0 Å². The fraction of sp³-hybridized carbons (Fsp3) is 0.222. The Kier molecular flexibility index (Phi) is 4.10. The van der Waals surface area contributed by atoms with E-state index in [1.54, 1.807) is 37.3 Å². The number of esters is 1. The molecule has 1 aliphatic rings. The van der Waals surface area contributed by atoms with E-state index in [1.165, 1.54) is 6.07 Å². The summed E-state index contributed by atoms with van der Waals surface area (Å²) in [5.74, 6) is -0.886. The molecule has 5 heteroatoms. The number of hydrogen-bond donors (Lipinski definition) is 1. The molecule has 0 saturated carbocycles. The van der Waals surface area contributed by atoms with Crippen molar-refractivity contribution in [2.24, 2.45) is 0 Å². The molecule has 0 aliphatic carbocycles. The molecule has 1 amide bonds. The normalized spacial score (nSPS) is 15.9. The number of benzene rings is 2. The Bertz CT molecular complexity index is 773. The van der Waals surface area contributed by atoms with Gasteiger partial charge in [0.2, 0.25) is 5.91 Å². The molecule has 0 saturated heterocycles. The largest absolute Gasteiger partial charge is 0.453 e. The van der Waals surface area contributed by atoms with E-state index < -0.39 is 12.1 Å². The average molecular weight is 313 g/mol. The first-order valence-corrected chi connectivity index (χ1v) is 7.36. The summed E-state index contributed by atoms with van der Waals surface area (Å²) in [6, 6.07) is 11.8. The van der Waals surface area contributed by atoms with E-state index in [9.17, 15) is 14.0 Å². The molecule has 118 valence electrons. The molecule has 1 unspecified atom stereocenters. The van der Waals surface area contributed by atoms with Gasteiger partial charge in [0.1, 0.15) is 11.9 Å². The number of fused-ring (bicyclic) bond motifs is 1. The summed E-state index contributed by atoms with van der Waals surface area (Å²) in [5.41, 5.74) is 2.61. The molecule has 23 heavy (non-hydrogen) atoms. The van der Waals surface area contributed by atoms with Gasteiger partial charge in [-0.1, -0.05) is 30.3 Å². The lowest BCUT2D eigenvalue weighted by Crippen LogP contribution is -2.24. The molecule has 2 aromatic carbocycles. The van der Waals surface area contributed by atoms with Gasteiger partial charge in [-0.3, -0.25) is 4.79 Å². The molecule has 1 N–H and O–H groups in total. The maximum atomic E-state index is 13.2. The van der Waals surface area contributed by atoms with Crippen molar-refractivity contribution in [2.45, 2.75) is 26.0 Å². The topological polar surface area (TPSA) is 55.4 Å². The highest BCUT2D eigenvalue weighted by molar-refractivity contribution is 5.94. The van der Waals surface area contributed by atoms with Crippen LogP contribution in [0.15, 0.2) is 42.5 Å². The molecule has 1 atom stereocenters. The number of ether oxygens (including phenoxy) is 1. The highest BCUT2D eigenvalue weighted by Crippen LogP contribution is 2.32. The van der Waals surface area contributed by atoms with Gasteiger partial charge in [0.05, 0.1) is 12.0 Å². The molecule has 0 fully saturated rings. The number of carbonyl (C=O) groups excluding carboxylic acids is 2. The highest BCUT2D eigenvalue weighted by Gasteiger charge is 2.31. The van der Waals surface area contributed by atoms with E-state index in [0.717, 1.165) is 11.1 Å². The second-order valence-electron chi connectivity index (χ2n) is 5.55. The van der Waals surface area contributed by atoms with Crippen molar-refractivity contribution in [2.75, 3.05) is 0 Å². The lowest BCUT2D eigenvalue weighted by atomic mass is 10.0. The number of cyclic esters (lactones) is 1. The lowest BCUT2D eigenvalue weighted by molar-refractivity contribution is -0.123. The van der Waals surface area contributed by atoms with Crippen molar-refractivity contribution >= 4 is 11.9 Å². The van der Waals surface area contributed by atoms with Gasteiger partial charge >= 0.3 is 5.97 Å². The highest BCUT2D eigenvalue weighted by atomic mass is 19.1. The number of nitrogens with one attached hydrogen (secondary N) is 1. The molecule has 0 spiro atoms. The van der Waals surface area contributed by atoms with Gasteiger partial charge in [0.15, 0.2) is 0 Å². The van der Waals surface area contributed by atoms with Crippen molar-refractivity contribution < 1.29 is 18.7 Å². The van der Waals surface area contributed by atoms with Crippen LogP contribution in [0.3, 0.4) is 0 Å². The first-order chi connectivity index (χ1) is 11.0. The Morgan fingerprint density at radius 2 is 2.04 bits per heavy atom. The molecule has 2 aromatic rings. The zero-order chi connectivity index (χ0) is 16.4. The van der Waals surface area contributed by atoms with Crippen molar-refractivity contribution in [1.29, 1.82) is 0 Å². The Morgan fingerprint density at radius 3 is 2.83 bits per heavy atom. The van der Waals surface area contributed by atoms with Crippen LogP contribution in [0.1, 0.15) is 39.6 Å². The fourth-order valence-electron chi connectivity index (χ4n) is 2.63. The van der Waals surface area contributed by atoms with Crippen LogP contribution in [0.2, 0.25) is 0 Å². The third-order valence-electron chi connectivity index (χ3n) is 3.86. The van der Waals surface area contributed by atoms with E-state index in [2.05, 4.69) is 5.32 Å². The van der Waals surface area contributed by atoms with Crippen molar-refractivity contribution in [3.05, 3.63) is 70.5 Å². The minimum atomic E-state index is -0.548. The maximum absolute atomic E-state index is 13.2. The summed E-state index contributed by atoms with van der Waals surface area (Å²) in [6.07, 6.45) is -0.475. The molecule has 0 aromatic heterocycles. The van der Waals surface area contributed by atoms with E-state index >= 15 is 0 Å². The third kappa shape index (κ3) is 3.23. The first-order valence-electron chi connectivity index (χ1n) is 7.36. The van der Waals surface area contributed by atoms with Crippen LogP contribution in [-0.4, -0.2) is 11.9 Å². The molecule has 4 nitrogen and oxygen atoms in total. The van der Waals surface area contributed by atoms with Crippen LogP contribution in [-0.2, 0) is 16.1 Å². The number of halogens is 1. The summed E-state index contributed by atoms with van der Waals surface area (Å²) >= 11 is 0. The molecule has 1 heterocycles. The monoisotopic (exact) mass is 313 g/mol. The van der Waals surface area contributed by atoms with Crippen molar-refractivity contribution in [3.8, 4) is 0 Å². The van der Waals surface area contributed by atoms with Crippen LogP contribution in [0.4, 0.5) is 4.39 Å². The maximum Gasteiger partial charge on any atom is 0.339 e. The van der Waals surface area contributed by atoms with Crippen LogP contribution in [0, 0.1) is 12.7 Å². The summed E-state index contributed by atoms with van der Waals surface area (Å²) in [7, 11) is 0. The fourth-order valence-corrected chi connectivity index (χ4v) is 2.63. The van der Waals surface area contributed by atoms with E-state index in [1.807, 2.05) is 6.07 Å². The second-order valence-corrected chi connectivity index (χ2v) is 5.55. The summed E-state index contributed by atoms with van der Waals surface area (Å²) in [5, 5.41) is 2.77. The van der Waals surface area contributed by atoms with Gasteiger partial charge in [-0.2, -0.15) is 0 Å². The summed E-state index contributed by atoms with van der Waals surface area (Å²) < 4.78 is 18.4. The number of carbonyl (C=O) groups is 2. The Labute approximate surface area is 133 Å². The van der Waals surface area contributed by atoms with E-state index in [-0.39, 0.29) is 18.1 Å². The van der Waals surface area contributed by atoms with Gasteiger partial charge in [-0.15, -0.1) is 0 Å². The average Bonchev–Trinajstić information content (AvgIpc) is 2.85. The summed E-state index contributed by atoms with van der Waals surface area (Å²) in [4.78, 5) is 23.8. The SMILES string of the molecule is Cc1cc(CNC(=O)CC2OC(=O)c3ccccc32)ccc1F. The predicted molar refractivity (Wildman–Crippen MR) is 82.2 cm³/mol. The molecular weight excluding hydrogens is 297 g/mol. The summed E-state index contributed by atoms with van der Waals surface area (Å²) in [6.45, 7) is 1.98. The lowest BCUT2D eigenvalue weighted by Gasteiger charge is -2.11. The van der Waals surface area contributed by atoms with Crippen LogP contribution in [0.25, 0.3) is 0 Å². The smallest absolute Gasteiger partial charge is 0.339 e. The van der Waals surface area contributed by atoms with Gasteiger partial charge in [0, 0.05) is 12.1 Å². The van der Waals surface area contributed by atoms with Crippen LogP contribution < -0.4 is 5.32 Å². The number of rotatable bonds is 4. The second kappa shape index (κ2) is 6.20. The number of hydrogen-bond acceptors (Lipinski definition) is 3. The number of amides is 1. The first kappa shape index (κ1) is 15.2. The zero-order valence-corrected chi connectivity index (χ0v) is 12.6. The Balaban J connectivity index is 1.60. The van der Waals surface area contributed by atoms with Gasteiger partial charge in [-0.25, -0.2) is 9.18 Å². The van der Waals surface area contributed by atoms with Crippen molar-refractivity contribution in [3.63, 3.8) is 0 Å². The van der Waals surface area contributed by atoms with E-state index in [4.69, 9.17) is 4.74 Å². The number of aryl methyl sites for hydroxylation is 1. The molecular formula is C18H16FNO3.